The fourth-order valence-corrected chi connectivity index (χ4v) is 2.27. The fourth-order valence-electron chi connectivity index (χ4n) is 2.27. The standard InChI is InChI=1S/C17H21NO/c1-3-15-6-4-5-7-17(15)18-13(2)12-14-8-10-16(19)11-9-14/h4-11,13,18-19H,3,12H2,1-2H3. The third-order valence-corrected chi connectivity index (χ3v) is 3.28. The Kier molecular flexibility index (Phi) is 4.45. The molecule has 0 spiro atoms. The first kappa shape index (κ1) is 13.5. The summed E-state index contributed by atoms with van der Waals surface area (Å²) in [6.07, 6.45) is 1.98. The third-order valence-electron chi connectivity index (χ3n) is 3.28. The van der Waals surface area contributed by atoms with E-state index >= 15 is 0 Å². The molecule has 0 aliphatic rings. The average molecular weight is 255 g/mol. The van der Waals surface area contributed by atoms with Gasteiger partial charge in [-0.1, -0.05) is 37.3 Å². The minimum Gasteiger partial charge on any atom is -0.508 e. The van der Waals surface area contributed by atoms with Crippen LogP contribution in [0, 0.1) is 0 Å². The smallest absolute Gasteiger partial charge is 0.115 e. The van der Waals surface area contributed by atoms with Crippen LogP contribution in [0.4, 0.5) is 5.69 Å². The summed E-state index contributed by atoms with van der Waals surface area (Å²) in [4.78, 5) is 0. The number of phenolic OH excluding ortho intramolecular Hbond substituents is 1. The Morgan fingerprint density at radius 1 is 1.05 bits per heavy atom. The van der Waals surface area contributed by atoms with Gasteiger partial charge < -0.3 is 10.4 Å². The molecule has 2 aromatic carbocycles. The summed E-state index contributed by atoms with van der Waals surface area (Å²) in [6.45, 7) is 4.35. The largest absolute Gasteiger partial charge is 0.508 e. The van der Waals surface area contributed by atoms with E-state index in [1.54, 1.807) is 12.1 Å². The van der Waals surface area contributed by atoms with Crippen LogP contribution in [0.5, 0.6) is 5.75 Å². The van der Waals surface area contributed by atoms with Crippen molar-refractivity contribution in [2.45, 2.75) is 32.7 Å². The van der Waals surface area contributed by atoms with E-state index in [-0.39, 0.29) is 0 Å². The van der Waals surface area contributed by atoms with Crippen LogP contribution in [0.1, 0.15) is 25.0 Å². The molecule has 2 N–H and O–H groups in total. The zero-order valence-corrected chi connectivity index (χ0v) is 11.6. The molecule has 0 aliphatic heterocycles. The van der Waals surface area contributed by atoms with E-state index in [0.717, 1.165) is 12.8 Å². The summed E-state index contributed by atoms with van der Waals surface area (Å²) in [7, 11) is 0. The number of para-hydroxylation sites is 1. The van der Waals surface area contributed by atoms with Gasteiger partial charge in [-0.15, -0.1) is 0 Å². The summed E-state index contributed by atoms with van der Waals surface area (Å²) in [6, 6.07) is 16.2. The van der Waals surface area contributed by atoms with Crippen molar-refractivity contribution in [1.29, 1.82) is 0 Å². The van der Waals surface area contributed by atoms with Crippen LogP contribution < -0.4 is 5.32 Å². The second kappa shape index (κ2) is 6.28. The van der Waals surface area contributed by atoms with Crippen molar-refractivity contribution in [3.05, 3.63) is 59.7 Å². The van der Waals surface area contributed by atoms with Gasteiger partial charge in [0.25, 0.3) is 0 Å². The molecule has 0 bridgehead atoms. The van der Waals surface area contributed by atoms with E-state index in [4.69, 9.17) is 0 Å². The van der Waals surface area contributed by atoms with Gasteiger partial charge in [-0.05, 0) is 49.1 Å². The van der Waals surface area contributed by atoms with Gasteiger partial charge >= 0.3 is 0 Å². The Hall–Kier alpha value is -1.96. The predicted molar refractivity (Wildman–Crippen MR) is 80.7 cm³/mol. The third kappa shape index (κ3) is 3.75. The molecule has 0 radical (unpaired) electrons. The molecule has 0 fully saturated rings. The van der Waals surface area contributed by atoms with E-state index in [9.17, 15) is 5.11 Å². The number of aromatic hydroxyl groups is 1. The minimum absolute atomic E-state index is 0.320. The summed E-state index contributed by atoms with van der Waals surface area (Å²) in [5.74, 6) is 0.320. The van der Waals surface area contributed by atoms with Gasteiger partial charge in [0.15, 0.2) is 0 Å². The van der Waals surface area contributed by atoms with Gasteiger partial charge in [0, 0.05) is 11.7 Å². The van der Waals surface area contributed by atoms with Gasteiger partial charge in [-0.3, -0.25) is 0 Å². The van der Waals surface area contributed by atoms with Crippen molar-refractivity contribution in [2.75, 3.05) is 5.32 Å². The lowest BCUT2D eigenvalue weighted by atomic mass is 10.1. The van der Waals surface area contributed by atoms with Gasteiger partial charge in [-0.25, -0.2) is 0 Å². The normalized spacial score (nSPS) is 12.1. The van der Waals surface area contributed by atoms with E-state index < -0.39 is 0 Å². The van der Waals surface area contributed by atoms with Crippen LogP contribution in [0.3, 0.4) is 0 Å². The zero-order chi connectivity index (χ0) is 13.7. The highest BCUT2D eigenvalue weighted by Gasteiger charge is 2.06. The fraction of sp³-hybridized carbons (Fsp3) is 0.294. The number of aryl methyl sites for hydroxylation is 1. The molecular weight excluding hydrogens is 234 g/mol. The highest BCUT2D eigenvalue weighted by Crippen LogP contribution is 2.18. The maximum Gasteiger partial charge on any atom is 0.115 e. The first-order valence-corrected chi connectivity index (χ1v) is 6.81. The molecule has 0 saturated heterocycles. The molecule has 0 amide bonds. The summed E-state index contributed by atoms with van der Waals surface area (Å²) in [5.41, 5.74) is 3.79. The Bertz CT molecular complexity index is 519. The van der Waals surface area contributed by atoms with Crippen molar-refractivity contribution in [3.8, 4) is 5.75 Å². The summed E-state index contributed by atoms with van der Waals surface area (Å²) < 4.78 is 0. The average Bonchev–Trinajstić information content (AvgIpc) is 2.42. The highest BCUT2D eigenvalue weighted by molar-refractivity contribution is 5.51. The van der Waals surface area contributed by atoms with Crippen LogP contribution >= 0.6 is 0 Å². The molecule has 100 valence electrons. The van der Waals surface area contributed by atoms with E-state index in [1.807, 2.05) is 12.1 Å². The maximum atomic E-state index is 9.28. The predicted octanol–water partition coefficient (Wildman–Crippen LogP) is 4.00. The Balaban J connectivity index is 2.01. The summed E-state index contributed by atoms with van der Waals surface area (Å²) in [5, 5.41) is 12.8. The van der Waals surface area contributed by atoms with Crippen LogP contribution in [-0.2, 0) is 12.8 Å². The quantitative estimate of drug-likeness (QED) is 0.846. The first-order valence-electron chi connectivity index (χ1n) is 6.81. The Morgan fingerprint density at radius 2 is 1.74 bits per heavy atom. The van der Waals surface area contributed by atoms with Crippen molar-refractivity contribution < 1.29 is 5.11 Å². The maximum absolute atomic E-state index is 9.28. The van der Waals surface area contributed by atoms with Gasteiger partial charge in [0.1, 0.15) is 5.75 Å². The number of anilines is 1. The van der Waals surface area contributed by atoms with Crippen molar-refractivity contribution >= 4 is 5.69 Å². The number of phenols is 1. The van der Waals surface area contributed by atoms with Crippen LogP contribution in [0.25, 0.3) is 0 Å². The molecule has 0 aliphatic carbocycles. The monoisotopic (exact) mass is 255 g/mol. The lowest BCUT2D eigenvalue weighted by Crippen LogP contribution is -2.18. The number of nitrogens with one attached hydrogen (secondary N) is 1. The molecule has 0 aromatic heterocycles. The Labute approximate surface area is 115 Å². The lowest BCUT2D eigenvalue weighted by Gasteiger charge is -2.18. The first-order chi connectivity index (χ1) is 9.19. The van der Waals surface area contributed by atoms with E-state index in [0.29, 0.717) is 11.8 Å². The SMILES string of the molecule is CCc1ccccc1NC(C)Cc1ccc(O)cc1. The topological polar surface area (TPSA) is 32.3 Å². The van der Waals surface area contributed by atoms with Gasteiger partial charge in [0.05, 0.1) is 0 Å². The van der Waals surface area contributed by atoms with Crippen molar-refractivity contribution in [3.63, 3.8) is 0 Å². The van der Waals surface area contributed by atoms with Crippen LogP contribution in [0.15, 0.2) is 48.5 Å². The molecule has 2 aromatic rings. The minimum atomic E-state index is 0.320. The molecule has 1 atom stereocenters. The number of hydrogen-bond acceptors (Lipinski definition) is 2. The lowest BCUT2D eigenvalue weighted by molar-refractivity contribution is 0.475. The van der Waals surface area contributed by atoms with E-state index in [1.165, 1.54) is 16.8 Å². The second-order valence-corrected chi connectivity index (χ2v) is 4.93. The highest BCUT2D eigenvalue weighted by atomic mass is 16.3. The van der Waals surface area contributed by atoms with Crippen molar-refractivity contribution in [1.82, 2.24) is 0 Å². The summed E-state index contributed by atoms with van der Waals surface area (Å²) >= 11 is 0. The number of benzene rings is 2. The van der Waals surface area contributed by atoms with Gasteiger partial charge in [0.2, 0.25) is 0 Å². The molecule has 2 heteroatoms. The molecule has 0 saturated carbocycles. The van der Waals surface area contributed by atoms with Crippen molar-refractivity contribution in [2.24, 2.45) is 0 Å². The second-order valence-electron chi connectivity index (χ2n) is 4.93. The number of rotatable bonds is 5. The molecule has 2 rings (SSSR count). The van der Waals surface area contributed by atoms with E-state index in [2.05, 4.69) is 43.4 Å². The zero-order valence-electron chi connectivity index (χ0n) is 11.6. The molecule has 0 heterocycles. The number of hydrogen-bond donors (Lipinski definition) is 2. The molecular formula is C17H21NO. The van der Waals surface area contributed by atoms with Gasteiger partial charge in [-0.2, -0.15) is 0 Å². The van der Waals surface area contributed by atoms with Crippen LogP contribution in [-0.4, -0.2) is 11.1 Å². The molecule has 1 unspecified atom stereocenters. The van der Waals surface area contributed by atoms with Crippen LogP contribution in [0.2, 0.25) is 0 Å². The molecule has 2 nitrogen and oxygen atoms in total. The Morgan fingerprint density at radius 3 is 2.42 bits per heavy atom. The molecule has 19 heavy (non-hydrogen) atoms.